The van der Waals surface area contributed by atoms with Crippen LogP contribution in [0.15, 0.2) is 23.7 Å². The Bertz CT molecular complexity index is 608. The molecule has 0 unspecified atom stereocenters. The molecule has 0 saturated heterocycles. The molecule has 1 heterocycles. The molecule has 2 rings (SSSR count). The number of nitrogens with one attached hydrogen (secondary N) is 1. The molecule has 0 bridgehead atoms. The molecule has 0 atom stereocenters. The maximum Gasteiger partial charge on any atom is 0.136 e. The summed E-state index contributed by atoms with van der Waals surface area (Å²) in [6.07, 6.45) is 0. The number of nitrogens with two attached hydrogens (primary N) is 1. The van der Waals surface area contributed by atoms with Gasteiger partial charge in [0.2, 0.25) is 0 Å². The first-order chi connectivity index (χ1) is 9.00. The van der Waals surface area contributed by atoms with E-state index in [-0.39, 0.29) is 11.4 Å². The third-order valence-electron chi connectivity index (χ3n) is 2.90. The van der Waals surface area contributed by atoms with Crippen LogP contribution in [0.1, 0.15) is 16.1 Å². The maximum absolute atomic E-state index is 13.8. The lowest BCUT2D eigenvalue weighted by Gasteiger charge is -2.22. The fraction of sp³-hybridized carbons (Fsp3) is 0.231. The Balaban J connectivity index is 2.34. The van der Waals surface area contributed by atoms with Crippen molar-refractivity contribution in [3.05, 3.63) is 45.7 Å². The summed E-state index contributed by atoms with van der Waals surface area (Å²) in [4.78, 5) is 7.18. The summed E-state index contributed by atoms with van der Waals surface area (Å²) in [6.45, 7) is 2.55. The molecule has 0 amide bonds. The summed E-state index contributed by atoms with van der Waals surface area (Å²) in [5.41, 5.74) is 8.98. The van der Waals surface area contributed by atoms with Crippen molar-refractivity contribution in [2.45, 2.75) is 13.5 Å². The van der Waals surface area contributed by atoms with Crippen molar-refractivity contribution in [1.82, 2.24) is 4.98 Å². The van der Waals surface area contributed by atoms with E-state index in [1.165, 1.54) is 6.07 Å². The first kappa shape index (κ1) is 13.5. The number of nitrogens with zero attached hydrogens (tertiary/aromatic N) is 2. The number of anilines is 1. The summed E-state index contributed by atoms with van der Waals surface area (Å²) in [5, 5.41) is 7.50. The summed E-state index contributed by atoms with van der Waals surface area (Å²) in [6, 6.07) is 4.69. The van der Waals surface area contributed by atoms with Crippen molar-refractivity contribution in [1.29, 1.82) is 5.41 Å². The SMILES string of the molecule is Cc1ncsc1CN(C)c1cccc(F)c1C(=N)N. The van der Waals surface area contributed by atoms with Gasteiger partial charge in [0.25, 0.3) is 0 Å². The lowest BCUT2D eigenvalue weighted by Crippen LogP contribution is -2.23. The first-order valence-electron chi connectivity index (χ1n) is 5.73. The van der Waals surface area contributed by atoms with E-state index in [0.717, 1.165) is 10.6 Å². The van der Waals surface area contributed by atoms with Crippen LogP contribution in [0.2, 0.25) is 0 Å². The summed E-state index contributed by atoms with van der Waals surface area (Å²) < 4.78 is 13.8. The highest BCUT2D eigenvalue weighted by Crippen LogP contribution is 2.25. The van der Waals surface area contributed by atoms with Crippen molar-refractivity contribution < 1.29 is 4.39 Å². The molecule has 0 saturated carbocycles. The van der Waals surface area contributed by atoms with E-state index < -0.39 is 5.82 Å². The van der Waals surface area contributed by atoms with Crippen molar-refractivity contribution in [3.8, 4) is 0 Å². The van der Waals surface area contributed by atoms with Crippen LogP contribution < -0.4 is 10.6 Å². The lowest BCUT2D eigenvalue weighted by atomic mass is 10.1. The van der Waals surface area contributed by atoms with Crippen LogP contribution in [0.5, 0.6) is 0 Å². The molecule has 0 fully saturated rings. The van der Waals surface area contributed by atoms with Crippen molar-refractivity contribution in [2.24, 2.45) is 5.73 Å². The molecular weight excluding hydrogens is 263 g/mol. The number of nitrogen functional groups attached to an aromatic ring is 1. The second-order valence-electron chi connectivity index (χ2n) is 4.26. The maximum atomic E-state index is 13.8. The Morgan fingerprint density at radius 1 is 1.53 bits per heavy atom. The Morgan fingerprint density at radius 2 is 2.26 bits per heavy atom. The minimum atomic E-state index is -0.474. The van der Waals surface area contributed by atoms with Gasteiger partial charge in [0.15, 0.2) is 0 Å². The average molecular weight is 278 g/mol. The molecule has 1 aromatic carbocycles. The molecule has 2 aromatic rings. The molecule has 100 valence electrons. The zero-order chi connectivity index (χ0) is 14.0. The molecule has 0 aliphatic heterocycles. The fourth-order valence-electron chi connectivity index (χ4n) is 1.88. The van der Waals surface area contributed by atoms with Crippen LogP contribution in [0.4, 0.5) is 10.1 Å². The van der Waals surface area contributed by atoms with Crippen molar-refractivity contribution in [3.63, 3.8) is 0 Å². The normalized spacial score (nSPS) is 10.5. The quantitative estimate of drug-likeness (QED) is 0.667. The van der Waals surface area contributed by atoms with Gasteiger partial charge < -0.3 is 10.6 Å². The third kappa shape index (κ3) is 2.73. The number of hydrogen-bond acceptors (Lipinski definition) is 4. The Hall–Kier alpha value is -1.95. The Kier molecular flexibility index (Phi) is 3.80. The predicted octanol–water partition coefficient (Wildman–Crippen LogP) is 2.51. The highest BCUT2D eigenvalue weighted by atomic mass is 32.1. The molecule has 6 heteroatoms. The van der Waals surface area contributed by atoms with E-state index in [1.54, 1.807) is 29.0 Å². The van der Waals surface area contributed by atoms with Crippen LogP contribution >= 0.6 is 11.3 Å². The standard InChI is InChI=1S/C13H15FN4S/c1-8-11(19-7-17-8)6-18(2)10-5-3-4-9(14)12(10)13(15)16/h3-5,7H,6H2,1-2H3,(H3,15,16). The molecule has 1 aromatic heterocycles. The van der Waals surface area contributed by atoms with Gasteiger partial charge >= 0.3 is 0 Å². The van der Waals surface area contributed by atoms with E-state index in [0.29, 0.717) is 12.2 Å². The molecule has 0 aliphatic rings. The second-order valence-corrected chi connectivity index (χ2v) is 5.20. The second kappa shape index (κ2) is 5.36. The molecule has 4 nitrogen and oxygen atoms in total. The largest absolute Gasteiger partial charge is 0.384 e. The number of rotatable bonds is 4. The number of hydrogen-bond donors (Lipinski definition) is 2. The number of amidine groups is 1. The fourth-order valence-corrected chi connectivity index (χ4v) is 2.71. The lowest BCUT2D eigenvalue weighted by molar-refractivity contribution is 0.624. The van der Waals surface area contributed by atoms with Gasteiger partial charge in [-0.3, -0.25) is 5.41 Å². The van der Waals surface area contributed by atoms with E-state index >= 15 is 0 Å². The van der Waals surface area contributed by atoms with Gasteiger partial charge in [0.05, 0.1) is 29.0 Å². The van der Waals surface area contributed by atoms with Crippen molar-refractivity contribution >= 4 is 22.9 Å². The minimum Gasteiger partial charge on any atom is -0.384 e. The minimum absolute atomic E-state index is 0.146. The topological polar surface area (TPSA) is 66.0 Å². The molecule has 0 spiro atoms. The van der Waals surface area contributed by atoms with Gasteiger partial charge in [-0.1, -0.05) is 6.07 Å². The first-order valence-corrected chi connectivity index (χ1v) is 6.61. The summed E-state index contributed by atoms with van der Waals surface area (Å²) >= 11 is 1.56. The molecule has 0 radical (unpaired) electrons. The van der Waals surface area contributed by atoms with E-state index in [9.17, 15) is 4.39 Å². The Labute approximate surface area is 115 Å². The zero-order valence-electron chi connectivity index (χ0n) is 10.8. The number of aryl methyl sites for hydroxylation is 1. The Morgan fingerprint density at radius 3 is 2.84 bits per heavy atom. The highest BCUT2D eigenvalue weighted by Gasteiger charge is 2.15. The van der Waals surface area contributed by atoms with E-state index in [2.05, 4.69) is 4.98 Å². The van der Waals surface area contributed by atoms with Crippen LogP contribution in [0.25, 0.3) is 0 Å². The van der Waals surface area contributed by atoms with E-state index in [4.69, 9.17) is 11.1 Å². The number of benzene rings is 1. The van der Waals surface area contributed by atoms with Crippen molar-refractivity contribution in [2.75, 3.05) is 11.9 Å². The monoisotopic (exact) mass is 278 g/mol. The molecule has 3 N–H and O–H groups in total. The van der Waals surface area contributed by atoms with Crippen LogP contribution in [-0.2, 0) is 6.54 Å². The molecular formula is C13H15FN4S. The van der Waals surface area contributed by atoms with Gasteiger partial charge in [-0.05, 0) is 19.1 Å². The molecule has 0 aliphatic carbocycles. The zero-order valence-corrected chi connectivity index (χ0v) is 11.6. The van der Waals surface area contributed by atoms with Gasteiger partial charge in [-0.25, -0.2) is 9.37 Å². The summed E-state index contributed by atoms with van der Waals surface area (Å²) in [7, 11) is 1.85. The highest BCUT2D eigenvalue weighted by molar-refractivity contribution is 7.09. The van der Waals surface area contributed by atoms with Gasteiger partial charge in [0, 0.05) is 11.9 Å². The van der Waals surface area contributed by atoms with Crippen LogP contribution in [0.3, 0.4) is 0 Å². The molecule has 19 heavy (non-hydrogen) atoms. The van der Waals surface area contributed by atoms with Gasteiger partial charge in [-0.15, -0.1) is 11.3 Å². The van der Waals surface area contributed by atoms with Crippen LogP contribution in [-0.4, -0.2) is 17.9 Å². The van der Waals surface area contributed by atoms with Gasteiger partial charge in [0.1, 0.15) is 11.7 Å². The smallest absolute Gasteiger partial charge is 0.136 e. The number of halogens is 1. The predicted molar refractivity (Wildman–Crippen MR) is 76.4 cm³/mol. The van der Waals surface area contributed by atoms with Gasteiger partial charge in [-0.2, -0.15) is 0 Å². The number of thiazole rings is 1. The number of aromatic nitrogens is 1. The van der Waals surface area contributed by atoms with Crippen LogP contribution in [0, 0.1) is 18.2 Å². The summed E-state index contributed by atoms with van der Waals surface area (Å²) in [5.74, 6) is -0.737. The third-order valence-corrected chi connectivity index (χ3v) is 3.82. The van der Waals surface area contributed by atoms with E-state index in [1.807, 2.05) is 18.9 Å². The average Bonchev–Trinajstić information content (AvgIpc) is 2.74.